The number of para-hydroxylation sites is 1. The molecular weight excluding hydrogens is 254 g/mol. The third-order valence-corrected chi connectivity index (χ3v) is 2.58. The molecule has 98 valence electrons. The SMILES string of the molecule is CNC(=O)CN(C)CC(=O)Nc1ccccc1Cl. The van der Waals surface area contributed by atoms with Gasteiger partial charge in [0.25, 0.3) is 0 Å². The molecule has 0 aliphatic carbocycles. The average Bonchev–Trinajstić information content (AvgIpc) is 2.31. The van der Waals surface area contributed by atoms with E-state index in [4.69, 9.17) is 11.6 Å². The largest absolute Gasteiger partial charge is 0.358 e. The molecule has 2 amide bonds. The van der Waals surface area contributed by atoms with Crippen molar-refractivity contribution in [3.63, 3.8) is 0 Å². The van der Waals surface area contributed by atoms with Crippen LogP contribution < -0.4 is 10.6 Å². The molecule has 6 heteroatoms. The normalized spacial score (nSPS) is 10.2. The highest BCUT2D eigenvalue weighted by Gasteiger charge is 2.10. The lowest BCUT2D eigenvalue weighted by Gasteiger charge is -2.15. The van der Waals surface area contributed by atoms with E-state index in [-0.39, 0.29) is 24.9 Å². The minimum Gasteiger partial charge on any atom is -0.358 e. The van der Waals surface area contributed by atoms with Crippen LogP contribution in [0.15, 0.2) is 24.3 Å². The van der Waals surface area contributed by atoms with Crippen LogP contribution >= 0.6 is 11.6 Å². The lowest BCUT2D eigenvalue weighted by Crippen LogP contribution is -2.37. The first-order chi connectivity index (χ1) is 8.52. The Morgan fingerprint density at radius 1 is 1.22 bits per heavy atom. The fourth-order valence-electron chi connectivity index (χ4n) is 1.38. The highest BCUT2D eigenvalue weighted by Crippen LogP contribution is 2.20. The van der Waals surface area contributed by atoms with E-state index in [2.05, 4.69) is 10.6 Å². The van der Waals surface area contributed by atoms with Gasteiger partial charge in [0, 0.05) is 7.05 Å². The van der Waals surface area contributed by atoms with Crippen LogP contribution in [-0.4, -0.2) is 43.9 Å². The second-order valence-corrected chi connectivity index (χ2v) is 4.28. The predicted molar refractivity (Wildman–Crippen MR) is 71.6 cm³/mol. The van der Waals surface area contributed by atoms with E-state index < -0.39 is 0 Å². The maximum Gasteiger partial charge on any atom is 0.238 e. The molecule has 0 aliphatic rings. The molecule has 0 aliphatic heterocycles. The van der Waals surface area contributed by atoms with Gasteiger partial charge in [-0.2, -0.15) is 0 Å². The maximum absolute atomic E-state index is 11.7. The van der Waals surface area contributed by atoms with Crippen LogP contribution in [0.3, 0.4) is 0 Å². The minimum absolute atomic E-state index is 0.124. The van der Waals surface area contributed by atoms with E-state index >= 15 is 0 Å². The molecule has 0 atom stereocenters. The molecule has 2 N–H and O–H groups in total. The number of hydrogen-bond acceptors (Lipinski definition) is 3. The van der Waals surface area contributed by atoms with Crippen molar-refractivity contribution in [1.29, 1.82) is 0 Å². The number of benzene rings is 1. The van der Waals surface area contributed by atoms with E-state index in [1.54, 1.807) is 43.3 Å². The van der Waals surface area contributed by atoms with Gasteiger partial charge in [0.15, 0.2) is 0 Å². The molecule has 0 aromatic heterocycles. The van der Waals surface area contributed by atoms with Crippen molar-refractivity contribution in [3.8, 4) is 0 Å². The number of carbonyl (C=O) groups is 2. The van der Waals surface area contributed by atoms with Gasteiger partial charge in [-0.05, 0) is 19.2 Å². The number of carbonyl (C=O) groups excluding carboxylic acids is 2. The quantitative estimate of drug-likeness (QED) is 0.837. The lowest BCUT2D eigenvalue weighted by atomic mass is 10.3. The first kappa shape index (κ1) is 14.5. The number of anilines is 1. The molecule has 0 bridgehead atoms. The third-order valence-electron chi connectivity index (χ3n) is 2.25. The Morgan fingerprint density at radius 3 is 2.44 bits per heavy atom. The smallest absolute Gasteiger partial charge is 0.238 e. The molecule has 0 radical (unpaired) electrons. The minimum atomic E-state index is -0.213. The summed E-state index contributed by atoms with van der Waals surface area (Å²) in [6, 6.07) is 7.00. The Hall–Kier alpha value is -1.59. The van der Waals surface area contributed by atoms with E-state index in [9.17, 15) is 9.59 Å². The number of hydrogen-bond donors (Lipinski definition) is 2. The van der Waals surface area contributed by atoms with Crippen LogP contribution in [0.4, 0.5) is 5.69 Å². The first-order valence-corrected chi connectivity index (χ1v) is 5.84. The van der Waals surface area contributed by atoms with Crippen LogP contribution in [0.1, 0.15) is 0 Å². The molecule has 0 spiro atoms. The second kappa shape index (κ2) is 6.98. The van der Waals surface area contributed by atoms with Crippen LogP contribution in [0, 0.1) is 0 Å². The van der Waals surface area contributed by atoms with E-state index in [0.29, 0.717) is 10.7 Å². The van der Waals surface area contributed by atoms with Crippen LogP contribution in [0.5, 0.6) is 0 Å². The number of amides is 2. The molecule has 0 fully saturated rings. The summed E-state index contributed by atoms with van der Waals surface area (Å²) in [5.74, 6) is -0.349. The van der Waals surface area contributed by atoms with Gasteiger partial charge in [-0.15, -0.1) is 0 Å². The maximum atomic E-state index is 11.7. The van der Waals surface area contributed by atoms with E-state index in [1.165, 1.54) is 0 Å². The molecule has 0 saturated carbocycles. The monoisotopic (exact) mass is 269 g/mol. The summed E-state index contributed by atoms with van der Waals surface area (Å²) < 4.78 is 0. The summed E-state index contributed by atoms with van der Waals surface area (Å²) in [6.45, 7) is 0.297. The van der Waals surface area contributed by atoms with Gasteiger partial charge in [0.1, 0.15) is 0 Å². The Balaban J connectivity index is 2.47. The summed E-state index contributed by atoms with van der Waals surface area (Å²) in [5, 5.41) is 5.67. The first-order valence-electron chi connectivity index (χ1n) is 5.46. The van der Waals surface area contributed by atoms with Crippen molar-refractivity contribution >= 4 is 29.1 Å². The lowest BCUT2D eigenvalue weighted by molar-refractivity contribution is -0.122. The zero-order valence-electron chi connectivity index (χ0n) is 10.4. The molecule has 0 saturated heterocycles. The molecular formula is C12H16ClN3O2. The number of nitrogens with zero attached hydrogens (tertiary/aromatic N) is 1. The summed E-state index contributed by atoms with van der Waals surface area (Å²) in [6.07, 6.45) is 0. The van der Waals surface area contributed by atoms with Crippen LogP contribution in [0.2, 0.25) is 5.02 Å². The highest BCUT2D eigenvalue weighted by atomic mass is 35.5. The number of likely N-dealkylation sites (N-methyl/N-ethyl adjacent to an activating group) is 2. The van der Waals surface area contributed by atoms with Crippen molar-refractivity contribution in [3.05, 3.63) is 29.3 Å². The van der Waals surface area contributed by atoms with E-state index in [1.807, 2.05) is 0 Å². The van der Waals surface area contributed by atoms with Crippen molar-refractivity contribution < 1.29 is 9.59 Å². The zero-order chi connectivity index (χ0) is 13.5. The number of nitrogens with one attached hydrogen (secondary N) is 2. The van der Waals surface area contributed by atoms with Gasteiger partial charge in [0.05, 0.1) is 23.8 Å². The van der Waals surface area contributed by atoms with Crippen molar-refractivity contribution in [2.45, 2.75) is 0 Å². The fourth-order valence-corrected chi connectivity index (χ4v) is 1.56. The molecule has 0 heterocycles. The Morgan fingerprint density at radius 2 is 1.83 bits per heavy atom. The Kier molecular flexibility index (Phi) is 5.61. The van der Waals surface area contributed by atoms with Gasteiger partial charge >= 0.3 is 0 Å². The van der Waals surface area contributed by atoms with Crippen LogP contribution in [0.25, 0.3) is 0 Å². The highest BCUT2D eigenvalue weighted by molar-refractivity contribution is 6.33. The van der Waals surface area contributed by atoms with Gasteiger partial charge in [-0.3, -0.25) is 14.5 Å². The Bertz CT molecular complexity index is 437. The van der Waals surface area contributed by atoms with Gasteiger partial charge in [-0.1, -0.05) is 23.7 Å². The molecule has 18 heavy (non-hydrogen) atoms. The second-order valence-electron chi connectivity index (χ2n) is 3.87. The Labute approximate surface area is 111 Å². The number of halogens is 1. The summed E-state index contributed by atoms with van der Waals surface area (Å²) in [5.41, 5.74) is 0.567. The molecule has 1 aromatic carbocycles. The predicted octanol–water partition coefficient (Wildman–Crippen LogP) is 0.956. The average molecular weight is 270 g/mol. The van der Waals surface area contributed by atoms with Crippen molar-refractivity contribution in [1.82, 2.24) is 10.2 Å². The summed E-state index contributed by atoms with van der Waals surface area (Å²) >= 11 is 5.92. The van der Waals surface area contributed by atoms with Crippen LogP contribution in [-0.2, 0) is 9.59 Å². The molecule has 1 rings (SSSR count). The number of rotatable bonds is 5. The molecule has 1 aromatic rings. The topological polar surface area (TPSA) is 61.4 Å². The van der Waals surface area contributed by atoms with Crippen molar-refractivity contribution in [2.75, 3.05) is 32.5 Å². The fraction of sp³-hybridized carbons (Fsp3) is 0.333. The standard InChI is InChI=1S/C12H16ClN3O2/c1-14-11(17)7-16(2)8-12(18)15-10-6-4-3-5-9(10)13/h3-6H,7-8H2,1-2H3,(H,14,17)(H,15,18). The van der Waals surface area contributed by atoms with Crippen molar-refractivity contribution in [2.24, 2.45) is 0 Å². The molecule has 5 nitrogen and oxygen atoms in total. The van der Waals surface area contributed by atoms with E-state index in [0.717, 1.165) is 0 Å². The summed E-state index contributed by atoms with van der Waals surface area (Å²) in [7, 11) is 3.25. The zero-order valence-corrected chi connectivity index (χ0v) is 11.1. The molecule has 0 unspecified atom stereocenters. The van der Waals surface area contributed by atoms with Gasteiger partial charge < -0.3 is 10.6 Å². The van der Waals surface area contributed by atoms with Gasteiger partial charge in [-0.25, -0.2) is 0 Å². The summed E-state index contributed by atoms with van der Waals surface area (Å²) in [4.78, 5) is 24.4. The van der Waals surface area contributed by atoms with Gasteiger partial charge in [0.2, 0.25) is 11.8 Å². The third kappa shape index (κ3) is 4.73.